The maximum absolute atomic E-state index is 11.2. The number of aliphatic carboxylic acids is 1. The highest BCUT2D eigenvalue weighted by atomic mass is 16.4. The molecule has 1 saturated carbocycles. The first kappa shape index (κ1) is 15.4. The molecule has 0 spiro atoms. The van der Waals surface area contributed by atoms with Gasteiger partial charge in [-0.25, -0.2) is 0 Å². The number of nitrogens with one attached hydrogen (secondary N) is 1. The predicted octanol–water partition coefficient (Wildman–Crippen LogP) is 2.09. The Morgan fingerprint density at radius 2 is 2.06 bits per heavy atom. The van der Waals surface area contributed by atoms with E-state index in [0.29, 0.717) is 6.42 Å². The minimum Gasteiger partial charge on any atom is -0.480 e. The molecule has 0 heterocycles. The standard InChI is InChI=1S/C14H28N2O2/c1-4-5-9-16(12-6-7-12)10-8-13(14(17)18)15-11(2)3/h11-13,15H,4-10H2,1-3H3,(H,17,18). The van der Waals surface area contributed by atoms with Crippen molar-refractivity contribution in [2.45, 2.75) is 71.0 Å². The lowest BCUT2D eigenvalue weighted by Crippen LogP contribution is -2.43. The van der Waals surface area contributed by atoms with E-state index in [0.717, 1.165) is 19.1 Å². The molecule has 0 bridgehead atoms. The topological polar surface area (TPSA) is 52.6 Å². The number of nitrogens with zero attached hydrogens (tertiary/aromatic N) is 1. The average Bonchev–Trinajstić information content (AvgIpc) is 3.10. The third kappa shape index (κ3) is 5.83. The summed E-state index contributed by atoms with van der Waals surface area (Å²) in [6, 6.07) is 0.536. The molecule has 4 heteroatoms. The van der Waals surface area contributed by atoms with Crippen LogP contribution >= 0.6 is 0 Å². The van der Waals surface area contributed by atoms with Crippen LogP contribution in [0.4, 0.5) is 0 Å². The van der Waals surface area contributed by atoms with Crippen molar-refractivity contribution in [3.05, 3.63) is 0 Å². The van der Waals surface area contributed by atoms with Crippen LogP contribution in [0.25, 0.3) is 0 Å². The molecule has 18 heavy (non-hydrogen) atoms. The monoisotopic (exact) mass is 256 g/mol. The maximum Gasteiger partial charge on any atom is 0.320 e. The lowest BCUT2D eigenvalue weighted by Gasteiger charge is -2.24. The first-order valence-corrected chi connectivity index (χ1v) is 7.27. The lowest BCUT2D eigenvalue weighted by molar-refractivity contribution is -0.140. The van der Waals surface area contributed by atoms with Gasteiger partial charge in [0.15, 0.2) is 0 Å². The Hall–Kier alpha value is -0.610. The predicted molar refractivity (Wildman–Crippen MR) is 73.8 cm³/mol. The highest BCUT2D eigenvalue weighted by Gasteiger charge is 2.29. The summed E-state index contributed by atoms with van der Waals surface area (Å²) >= 11 is 0. The van der Waals surface area contributed by atoms with Crippen LogP contribution in [0.15, 0.2) is 0 Å². The minimum absolute atomic E-state index is 0.219. The quantitative estimate of drug-likeness (QED) is 0.628. The van der Waals surface area contributed by atoms with Gasteiger partial charge >= 0.3 is 5.97 Å². The number of hydrogen-bond acceptors (Lipinski definition) is 3. The van der Waals surface area contributed by atoms with E-state index < -0.39 is 12.0 Å². The summed E-state index contributed by atoms with van der Waals surface area (Å²) in [5.74, 6) is -0.727. The molecule has 0 aromatic heterocycles. The van der Waals surface area contributed by atoms with Crippen molar-refractivity contribution in [3.8, 4) is 0 Å². The molecule has 1 aliphatic rings. The molecule has 2 N–H and O–H groups in total. The van der Waals surface area contributed by atoms with Crippen molar-refractivity contribution in [1.82, 2.24) is 10.2 Å². The van der Waals surface area contributed by atoms with Gasteiger partial charge in [0, 0.05) is 18.6 Å². The molecule has 4 nitrogen and oxygen atoms in total. The van der Waals surface area contributed by atoms with Gasteiger partial charge < -0.3 is 15.3 Å². The van der Waals surface area contributed by atoms with Crippen LogP contribution in [-0.4, -0.2) is 47.2 Å². The zero-order valence-electron chi connectivity index (χ0n) is 12.0. The van der Waals surface area contributed by atoms with Gasteiger partial charge in [-0.3, -0.25) is 4.79 Å². The maximum atomic E-state index is 11.2. The van der Waals surface area contributed by atoms with E-state index in [1.54, 1.807) is 0 Å². The first-order chi connectivity index (χ1) is 8.54. The van der Waals surface area contributed by atoms with Gasteiger partial charge in [-0.1, -0.05) is 27.2 Å². The summed E-state index contributed by atoms with van der Waals surface area (Å²) < 4.78 is 0. The zero-order chi connectivity index (χ0) is 13.5. The second-order valence-electron chi connectivity index (χ2n) is 5.62. The van der Waals surface area contributed by atoms with Crippen molar-refractivity contribution in [2.75, 3.05) is 13.1 Å². The third-order valence-electron chi connectivity index (χ3n) is 3.40. The second kappa shape index (κ2) is 7.74. The van der Waals surface area contributed by atoms with Gasteiger partial charge in [-0.2, -0.15) is 0 Å². The SMILES string of the molecule is CCCCN(CCC(NC(C)C)C(=O)O)C1CC1. The molecule has 0 aromatic carbocycles. The van der Waals surface area contributed by atoms with Gasteiger partial charge in [-0.05, 0) is 32.2 Å². The molecule has 106 valence electrons. The Bertz CT molecular complexity index is 252. The molecular formula is C14H28N2O2. The highest BCUT2D eigenvalue weighted by Crippen LogP contribution is 2.27. The van der Waals surface area contributed by atoms with Gasteiger partial charge in [0.1, 0.15) is 6.04 Å². The van der Waals surface area contributed by atoms with Crippen LogP contribution in [0.2, 0.25) is 0 Å². The fourth-order valence-electron chi connectivity index (χ4n) is 2.25. The van der Waals surface area contributed by atoms with E-state index in [9.17, 15) is 9.90 Å². The molecule has 1 aliphatic carbocycles. The number of hydrogen-bond donors (Lipinski definition) is 2. The van der Waals surface area contributed by atoms with Crippen LogP contribution in [-0.2, 0) is 4.79 Å². The van der Waals surface area contributed by atoms with Crippen molar-refractivity contribution in [2.24, 2.45) is 0 Å². The van der Waals surface area contributed by atoms with Gasteiger partial charge in [0.05, 0.1) is 0 Å². The Labute approximate surface area is 111 Å². The Balaban J connectivity index is 2.35. The van der Waals surface area contributed by atoms with Crippen LogP contribution in [0, 0.1) is 0 Å². The van der Waals surface area contributed by atoms with E-state index in [1.165, 1.54) is 25.7 Å². The number of unbranched alkanes of at least 4 members (excludes halogenated alkanes) is 1. The number of rotatable bonds is 10. The number of carbonyl (C=O) groups is 1. The minimum atomic E-state index is -0.727. The Morgan fingerprint density at radius 1 is 1.39 bits per heavy atom. The van der Waals surface area contributed by atoms with E-state index in [-0.39, 0.29) is 6.04 Å². The largest absolute Gasteiger partial charge is 0.480 e. The fraction of sp³-hybridized carbons (Fsp3) is 0.929. The molecule has 0 aliphatic heterocycles. The van der Waals surface area contributed by atoms with Crippen molar-refractivity contribution < 1.29 is 9.90 Å². The van der Waals surface area contributed by atoms with Crippen molar-refractivity contribution >= 4 is 5.97 Å². The first-order valence-electron chi connectivity index (χ1n) is 7.27. The highest BCUT2D eigenvalue weighted by molar-refractivity contribution is 5.73. The van der Waals surface area contributed by atoms with E-state index in [2.05, 4.69) is 17.1 Å². The molecule has 1 rings (SSSR count). The molecule has 1 unspecified atom stereocenters. The average molecular weight is 256 g/mol. The van der Waals surface area contributed by atoms with Crippen molar-refractivity contribution in [3.63, 3.8) is 0 Å². The molecule has 0 radical (unpaired) electrons. The normalized spacial score (nSPS) is 17.4. The molecular weight excluding hydrogens is 228 g/mol. The van der Waals surface area contributed by atoms with Crippen LogP contribution in [0.5, 0.6) is 0 Å². The summed E-state index contributed by atoms with van der Waals surface area (Å²) in [6.45, 7) is 8.21. The van der Waals surface area contributed by atoms with E-state index in [4.69, 9.17) is 0 Å². The van der Waals surface area contributed by atoms with Crippen LogP contribution in [0.1, 0.15) is 52.9 Å². The van der Waals surface area contributed by atoms with Gasteiger partial charge in [0.25, 0.3) is 0 Å². The van der Waals surface area contributed by atoms with Crippen LogP contribution in [0.3, 0.4) is 0 Å². The molecule has 1 fully saturated rings. The zero-order valence-corrected chi connectivity index (χ0v) is 12.0. The fourth-order valence-corrected chi connectivity index (χ4v) is 2.25. The smallest absolute Gasteiger partial charge is 0.320 e. The summed E-state index contributed by atoms with van der Waals surface area (Å²) in [5, 5.41) is 12.3. The second-order valence-corrected chi connectivity index (χ2v) is 5.62. The Morgan fingerprint density at radius 3 is 2.50 bits per heavy atom. The summed E-state index contributed by atoms with van der Waals surface area (Å²) in [6.07, 6.45) is 5.70. The third-order valence-corrected chi connectivity index (χ3v) is 3.40. The molecule has 0 amide bonds. The van der Waals surface area contributed by atoms with E-state index >= 15 is 0 Å². The molecule has 1 atom stereocenters. The van der Waals surface area contributed by atoms with Gasteiger partial charge in [0.2, 0.25) is 0 Å². The molecule has 0 aromatic rings. The van der Waals surface area contributed by atoms with E-state index in [1.807, 2.05) is 13.8 Å². The summed E-state index contributed by atoms with van der Waals surface area (Å²) in [7, 11) is 0. The number of carboxylic acid groups (broad SMARTS) is 1. The Kier molecular flexibility index (Phi) is 6.65. The number of carboxylic acids is 1. The lowest BCUT2D eigenvalue weighted by atomic mass is 10.1. The van der Waals surface area contributed by atoms with Gasteiger partial charge in [-0.15, -0.1) is 0 Å². The van der Waals surface area contributed by atoms with Crippen LogP contribution < -0.4 is 5.32 Å². The summed E-state index contributed by atoms with van der Waals surface area (Å²) in [5.41, 5.74) is 0. The van der Waals surface area contributed by atoms with Crippen molar-refractivity contribution in [1.29, 1.82) is 0 Å². The summed E-state index contributed by atoms with van der Waals surface area (Å²) in [4.78, 5) is 13.6. The molecule has 0 saturated heterocycles.